The Bertz CT molecular complexity index is 640. The second-order valence-electron chi connectivity index (χ2n) is 5.38. The van der Waals surface area contributed by atoms with Gasteiger partial charge in [0.15, 0.2) is 0 Å². The van der Waals surface area contributed by atoms with E-state index in [9.17, 15) is 4.39 Å². The van der Waals surface area contributed by atoms with Crippen LogP contribution in [-0.2, 0) is 5.41 Å². The van der Waals surface area contributed by atoms with Gasteiger partial charge < -0.3 is 0 Å². The highest BCUT2D eigenvalue weighted by Gasteiger charge is 2.14. The summed E-state index contributed by atoms with van der Waals surface area (Å²) in [7, 11) is 0. The molecule has 2 heteroatoms. The van der Waals surface area contributed by atoms with Gasteiger partial charge in [0.2, 0.25) is 0 Å². The Labute approximate surface area is 112 Å². The Kier molecular flexibility index (Phi) is 2.33. The minimum Gasteiger partial charge on any atom is -0.256 e. The molecule has 18 heavy (non-hydrogen) atoms. The molecule has 0 aliphatic rings. The number of hydrogen-bond acceptors (Lipinski definition) is 1. The van der Waals surface area contributed by atoms with Gasteiger partial charge in [0.05, 0.1) is 5.69 Å². The molecule has 2 rings (SSSR count). The van der Waals surface area contributed by atoms with E-state index in [2.05, 4.69) is 25.8 Å². The van der Waals surface area contributed by atoms with Crippen LogP contribution in [0.25, 0.3) is 11.3 Å². The number of hydrogen-bond donors (Lipinski definition) is 0. The number of rotatable bonds is 1. The molecular formula is C16H18FN. The van der Waals surface area contributed by atoms with Crippen molar-refractivity contribution in [3.05, 3.63) is 53.5 Å². The second kappa shape index (κ2) is 4.52. The summed E-state index contributed by atoms with van der Waals surface area (Å²) in [5.41, 5.74) is 1.84. The molecule has 2 aromatic rings. The van der Waals surface area contributed by atoms with Crippen LogP contribution in [0.2, 0.25) is 0 Å². The van der Waals surface area contributed by atoms with E-state index in [0.29, 0.717) is 11.3 Å². The lowest BCUT2D eigenvalue weighted by molar-refractivity contribution is 0.587. The molecule has 0 amide bonds. The molecule has 0 aliphatic carbocycles. The number of aromatic nitrogens is 1. The van der Waals surface area contributed by atoms with Crippen molar-refractivity contribution in [1.82, 2.24) is 4.98 Å². The summed E-state index contributed by atoms with van der Waals surface area (Å²) in [6.45, 7) is 3.93. The van der Waals surface area contributed by atoms with Crippen LogP contribution in [0.3, 0.4) is 0 Å². The SMILES string of the molecule is [2H]C([2H])([2H])c1ccc(-c2ccc(C(C)(C)C)cn2)c(F)c1. The van der Waals surface area contributed by atoms with Crippen molar-refractivity contribution < 1.29 is 8.50 Å². The molecule has 0 N–H and O–H groups in total. The largest absolute Gasteiger partial charge is 0.256 e. The van der Waals surface area contributed by atoms with Crippen LogP contribution < -0.4 is 0 Å². The van der Waals surface area contributed by atoms with Crippen molar-refractivity contribution in [3.8, 4) is 11.3 Å². The molecule has 1 heterocycles. The highest BCUT2D eigenvalue weighted by molar-refractivity contribution is 5.60. The molecule has 0 saturated carbocycles. The highest BCUT2D eigenvalue weighted by atomic mass is 19.1. The van der Waals surface area contributed by atoms with Crippen molar-refractivity contribution in [2.24, 2.45) is 0 Å². The van der Waals surface area contributed by atoms with Gasteiger partial charge in [-0.1, -0.05) is 32.9 Å². The minimum absolute atomic E-state index is 0.00457. The van der Waals surface area contributed by atoms with Gasteiger partial charge in [-0.15, -0.1) is 0 Å². The lowest BCUT2D eigenvalue weighted by Gasteiger charge is -2.18. The first-order valence-corrected chi connectivity index (χ1v) is 5.86. The van der Waals surface area contributed by atoms with Gasteiger partial charge in [-0.05, 0) is 41.6 Å². The molecule has 0 bridgehead atoms. The molecule has 1 aromatic carbocycles. The van der Waals surface area contributed by atoms with E-state index in [1.165, 1.54) is 12.1 Å². The zero-order chi connectivity index (χ0) is 15.8. The smallest absolute Gasteiger partial charge is 0.132 e. The molecule has 94 valence electrons. The third-order valence-electron chi connectivity index (χ3n) is 2.87. The fourth-order valence-electron chi connectivity index (χ4n) is 1.72. The summed E-state index contributed by atoms with van der Waals surface area (Å²) in [5, 5.41) is 0. The van der Waals surface area contributed by atoms with Crippen molar-refractivity contribution in [2.45, 2.75) is 33.0 Å². The Morgan fingerprint density at radius 2 is 1.94 bits per heavy atom. The van der Waals surface area contributed by atoms with Gasteiger partial charge in [0, 0.05) is 15.9 Å². The fourth-order valence-corrected chi connectivity index (χ4v) is 1.72. The summed E-state index contributed by atoms with van der Waals surface area (Å²) in [6, 6.07) is 7.62. The average Bonchev–Trinajstić information content (AvgIpc) is 2.36. The molecule has 0 spiro atoms. The molecule has 0 unspecified atom stereocenters. The number of aryl methyl sites for hydroxylation is 1. The molecular weight excluding hydrogens is 225 g/mol. The summed E-state index contributed by atoms with van der Waals surface area (Å²) >= 11 is 0. The third kappa shape index (κ3) is 2.58. The van der Waals surface area contributed by atoms with Crippen LogP contribution in [-0.4, -0.2) is 4.98 Å². The van der Waals surface area contributed by atoms with E-state index in [4.69, 9.17) is 4.11 Å². The summed E-state index contributed by atoms with van der Waals surface area (Å²) in [6.07, 6.45) is 1.73. The highest BCUT2D eigenvalue weighted by Crippen LogP contribution is 2.25. The molecule has 0 saturated heterocycles. The van der Waals surface area contributed by atoms with E-state index in [0.717, 1.165) is 11.6 Å². The van der Waals surface area contributed by atoms with E-state index in [-0.39, 0.29) is 11.0 Å². The van der Waals surface area contributed by atoms with Crippen LogP contribution in [0.4, 0.5) is 4.39 Å². The number of halogens is 1. The Morgan fingerprint density at radius 1 is 1.17 bits per heavy atom. The lowest BCUT2D eigenvalue weighted by atomic mass is 9.88. The fraction of sp³-hybridized carbons (Fsp3) is 0.312. The molecule has 0 fully saturated rings. The van der Waals surface area contributed by atoms with E-state index < -0.39 is 12.7 Å². The maximum absolute atomic E-state index is 14.1. The summed E-state index contributed by atoms with van der Waals surface area (Å²) in [4.78, 5) is 4.29. The van der Waals surface area contributed by atoms with Crippen molar-refractivity contribution in [3.63, 3.8) is 0 Å². The Balaban J connectivity index is 2.39. The lowest BCUT2D eigenvalue weighted by Crippen LogP contribution is -2.11. The average molecular weight is 246 g/mol. The predicted octanol–water partition coefficient (Wildman–Crippen LogP) is 4.49. The minimum atomic E-state index is -2.30. The van der Waals surface area contributed by atoms with Crippen LogP contribution in [0.5, 0.6) is 0 Å². The Morgan fingerprint density at radius 3 is 2.44 bits per heavy atom. The molecule has 0 atom stereocenters. The number of nitrogens with zero attached hydrogens (tertiary/aromatic N) is 1. The quantitative estimate of drug-likeness (QED) is 0.722. The molecule has 1 nitrogen and oxygen atoms in total. The van der Waals surface area contributed by atoms with E-state index >= 15 is 0 Å². The molecule has 0 aliphatic heterocycles. The molecule has 0 radical (unpaired) electrons. The zero-order valence-electron chi connectivity index (χ0n) is 13.8. The summed E-state index contributed by atoms with van der Waals surface area (Å²) in [5.74, 6) is -0.570. The second-order valence-corrected chi connectivity index (χ2v) is 5.38. The normalized spacial score (nSPS) is 14.8. The maximum Gasteiger partial charge on any atom is 0.132 e. The van der Waals surface area contributed by atoms with E-state index in [1.54, 1.807) is 12.3 Å². The van der Waals surface area contributed by atoms with Gasteiger partial charge in [-0.25, -0.2) is 4.39 Å². The van der Waals surface area contributed by atoms with Gasteiger partial charge >= 0.3 is 0 Å². The van der Waals surface area contributed by atoms with Gasteiger partial charge in [-0.3, -0.25) is 4.98 Å². The Hall–Kier alpha value is -1.70. The zero-order valence-corrected chi connectivity index (χ0v) is 10.8. The topological polar surface area (TPSA) is 12.9 Å². The monoisotopic (exact) mass is 246 g/mol. The van der Waals surface area contributed by atoms with Crippen LogP contribution in [0.15, 0.2) is 36.5 Å². The van der Waals surface area contributed by atoms with Crippen LogP contribution in [0.1, 0.15) is 36.0 Å². The van der Waals surface area contributed by atoms with Gasteiger partial charge in [0.25, 0.3) is 0 Å². The van der Waals surface area contributed by atoms with Crippen molar-refractivity contribution >= 4 is 0 Å². The van der Waals surface area contributed by atoms with Gasteiger partial charge in [0.1, 0.15) is 5.82 Å². The summed E-state index contributed by atoms with van der Waals surface area (Å²) < 4.78 is 36.0. The number of benzene rings is 1. The first kappa shape index (κ1) is 9.26. The maximum atomic E-state index is 14.1. The van der Waals surface area contributed by atoms with E-state index in [1.807, 2.05) is 6.07 Å². The standard InChI is InChI=1S/C16H18FN/c1-11-5-7-13(14(17)9-11)15-8-6-12(10-18-15)16(2,3)4/h5-10H,1-4H3/i1D3. The molecule has 1 aromatic heterocycles. The van der Waals surface area contributed by atoms with Crippen LogP contribution >= 0.6 is 0 Å². The predicted molar refractivity (Wildman–Crippen MR) is 73.1 cm³/mol. The van der Waals surface area contributed by atoms with Gasteiger partial charge in [-0.2, -0.15) is 0 Å². The third-order valence-corrected chi connectivity index (χ3v) is 2.87. The first-order chi connectivity index (χ1) is 9.59. The first-order valence-electron chi connectivity index (χ1n) is 7.36. The van der Waals surface area contributed by atoms with Crippen LogP contribution in [0, 0.1) is 12.7 Å². The van der Waals surface area contributed by atoms with Crippen molar-refractivity contribution in [1.29, 1.82) is 0 Å². The number of pyridine rings is 1. The van der Waals surface area contributed by atoms with Crippen molar-refractivity contribution in [2.75, 3.05) is 0 Å².